The quantitative estimate of drug-likeness (QED) is 0.317. The lowest BCUT2D eigenvalue weighted by Gasteiger charge is -2.38. The van der Waals surface area contributed by atoms with E-state index in [-0.39, 0.29) is 12.1 Å². The van der Waals surface area contributed by atoms with E-state index in [4.69, 9.17) is 5.26 Å². The van der Waals surface area contributed by atoms with E-state index in [1.165, 1.54) is 19.2 Å². The van der Waals surface area contributed by atoms with Crippen LogP contribution in [0.15, 0.2) is 66.7 Å². The highest BCUT2D eigenvalue weighted by Crippen LogP contribution is 2.39. The third kappa shape index (κ3) is 6.78. The van der Waals surface area contributed by atoms with Crippen LogP contribution in [0.3, 0.4) is 0 Å². The zero-order valence-electron chi connectivity index (χ0n) is 22.3. The Balaban J connectivity index is 1.72. The average Bonchev–Trinajstić information content (AvgIpc) is 2.97. The van der Waals surface area contributed by atoms with Crippen LogP contribution in [0.4, 0.5) is 24.5 Å². The minimum absolute atomic E-state index is 0.115. The van der Waals surface area contributed by atoms with Gasteiger partial charge >= 0.3 is 6.18 Å². The number of nitrogens with zero attached hydrogens (tertiary/aromatic N) is 2. The van der Waals surface area contributed by atoms with Crippen molar-refractivity contribution in [2.75, 3.05) is 16.7 Å². The summed E-state index contributed by atoms with van der Waals surface area (Å²) in [6.45, 7) is 0. The van der Waals surface area contributed by atoms with Crippen LogP contribution in [0.5, 0.6) is 0 Å². The molecule has 0 spiro atoms. The predicted octanol–water partition coefficient (Wildman–Crippen LogP) is 5.97. The minimum Gasteiger partial charge on any atom is -0.755 e. The molecule has 0 aromatic heterocycles. The van der Waals surface area contributed by atoms with Crippen molar-refractivity contribution in [2.24, 2.45) is 5.92 Å². The number of carbonyl (C=O) groups excluding carboxylic acids is 1. The lowest BCUT2D eigenvalue weighted by Crippen LogP contribution is -2.51. The number of alkyl halides is 3. The highest BCUT2D eigenvalue weighted by Gasteiger charge is 2.45. The van der Waals surface area contributed by atoms with Crippen LogP contribution in [-0.2, 0) is 28.7 Å². The first kappa shape index (κ1) is 30.2. The van der Waals surface area contributed by atoms with Crippen LogP contribution >= 0.6 is 0 Å². The molecule has 3 aromatic carbocycles. The first-order chi connectivity index (χ1) is 19.4. The molecule has 2 unspecified atom stereocenters. The normalized spacial score (nSPS) is 16.3. The minimum atomic E-state index is -4.80. The molecule has 0 radical (unpaired) electrons. The molecule has 0 bridgehead atoms. The number of aliphatic hydroxyl groups is 1. The van der Waals surface area contributed by atoms with Gasteiger partial charge in [-0.15, -0.1) is 0 Å². The van der Waals surface area contributed by atoms with Crippen molar-refractivity contribution >= 4 is 28.5 Å². The number of halogens is 3. The van der Waals surface area contributed by atoms with Gasteiger partial charge < -0.3 is 19.3 Å². The Bertz CT molecular complexity index is 1480. The van der Waals surface area contributed by atoms with E-state index < -0.39 is 46.0 Å². The number of hydrogen-bond donors (Lipinski definition) is 2. The Labute approximate surface area is 239 Å². The highest BCUT2D eigenvalue weighted by molar-refractivity contribution is 7.80. The van der Waals surface area contributed by atoms with E-state index in [1.54, 1.807) is 48.5 Å². The molecule has 7 nitrogen and oxygen atoms in total. The maximum absolute atomic E-state index is 13.7. The van der Waals surface area contributed by atoms with Gasteiger partial charge in [-0.3, -0.25) is 9.00 Å². The largest absolute Gasteiger partial charge is 0.755 e. The monoisotopic (exact) mass is 584 g/mol. The van der Waals surface area contributed by atoms with Crippen LogP contribution < -0.4 is 9.62 Å². The third-order valence-electron chi connectivity index (χ3n) is 7.60. The number of anilines is 2. The van der Waals surface area contributed by atoms with E-state index in [1.807, 2.05) is 0 Å². The van der Waals surface area contributed by atoms with Gasteiger partial charge in [-0.25, -0.2) is 0 Å². The summed E-state index contributed by atoms with van der Waals surface area (Å²) in [6.07, 6.45) is -1.21. The Morgan fingerprint density at radius 1 is 1.10 bits per heavy atom. The van der Waals surface area contributed by atoms with Crippen molar-refractivity contribution in [1.29, 1.82) is 5.26 Å². The van der Waals surface area contributed by atoms with Crippen molar-refractivity contribution in [2.45, 2.75) is 50.3 Å². The van der Waals surface area contributed by atoms with Crippen LogP contribution in [0.25, 0.3) is 11.1 Å². The Kier molecular flexibility index (Phi) is 9.17. The number of nitriles is 1. The molecule has 4 rings (SSSR count). The van der Waals surface area contributed by atoms with Gasteiger partial charge in [0.15, 0.2) is 0 Å². The van der Waals surface area contributed by atoms with Gasteiger partial charge in [-0.1, -0.05) is 55.7 Å². The third-order valence-corrected chi connectivity index (χ3v) is 8.26. The molecule has 1 aliphatic carbocycles. The second-order valence-corrected chi connectivity index (χ2v) is 11.2. The molecule has 0 saturated heterocycles. The number of benzene rings is 3. The van der Waals surface area contributed by atoms with Gasteiger partial charge in [0, 0.05) is 36.1 Å². The molecule has 0 heterocycles. The molecular weight excluding hydrogens is 555 g/mol. The Morgan fingerprint density at radius 3 is 2.46 bits per heavy atom. The van der Waals surface area contributed by atoms with Crippen LogP contribution in [0.1, 0.15) is 48.8 Å². The van der Waals surface area contributed by atoms with Crippen molar-refractivity contribution < 1.29 is 31.8 Å². The SMILES string of the molecule is CN(c1cccc(-c2ccccc2CC(O)(C(=O)Nc2ccc(C#N)c(C(F)(F)F)c2)C2CCCCC2)c1)S(=O)[O-]. The fourth-order valence-corrected chi connectivity index (χ4v) is 5.67. The summed E-state index contributed by atoms with van der Waals surface area (Å²) in [5, 5.41) is 23.6. The first-order valence-electron chi connectivity index (χ1n) is 13.1. The summed E-state index contributed by atoms with van der Waals surface area (Å²) < 4.78 is 64.7. The van der Waals surface area contributed by atoms with Crippen molar-refractivity contribution in [1.82, 2.24) is 0 Å². The van der Waals surface area contributed by atoms with Gasteiger partial charge in [-0.2, -0.15) is 18.4 Å². The molecule has 11 heteroatoms. The maximum Gasteiger partial charge on any atom is 0.417 e. The van der Waals surface area contributed by atoms with Gasteiger partial charge in [-0.05, 0) is 65.8 Å². The Hall–Kier alpha value is -3.72. The second kappa shape index (κ2) is 12.4. The molecule has 0 aliphatic heterocycles. The van der Waals surface area contributed by atoms with Gasteiger partial charge in [0.25, 0.3) is 5.91 Å². The van der Waals surface area contributed by atoms with Crippen molar-refractivity contribution in [3.05, 3.63) is 83.4 Å². The summed E-state index contributed by atoms with van der Waals surface area (Å²) in [4.78, 5) is 13.7. The molecule has 3 aromatic rings. The summed E-state index contributed by atoms with van der Waals surface area (Å²) in [7, 11) is 1.41. The summed E-state index contributed by atoms with van der Waals surface area (Å²) >= 11 is -2.48. The zero-order chi connectivity index (χ0) is 29.8. The van der Waals surface area contributed by atoms with Crippen LogP contribution in [-0.4, -0.2) is 32.4 Å². The topological polar surface area (TPSA) is 116 Å². The molecule has 1 amide bonds. The van der Waals surface area contributed by atoms with E-state index in [0.29, 0.717) is 41.3 Å². The van der Waals surface area contributed by atoms with Gasteiger partial charge in [0.1, 0.15) is 5.60 Å². The molecule has 1 fully saturated rings. The number of nitrogens with one attached hydrogen (secondary N) is 1. The molecule has 1 saturated carbocycles. The number of amides is 1. The number of rotatable bonds is 8. The Morgan fingerprint density at radius 2 is 1.80 bits per heavy atom. The van der Waals surface area contributed by atoms with Crippen LogP contribution in [0, 0.1) is 17.2 Å². The van der Waals surface area contributed by atoms with E-state index in [0.717, 1.165) is 29.6 Å². The number of carbonyl (C=O) groups is 1. The van der Waals surface area contributed by atoms with E-state index in [9.17, 15) is 31.8 Å². The zero-order valence-corrected chi connectivity index (χ0v) is 23.1. The van der Waals surface area contributed by atoms with Gasteiger partial charge in [0.05, 0.1) is 17.2 Å². The van der Waals surface area contributed by atoms with E-state index in [2.05, 4.69) is 5.32 Å². The molecule has 216 valence electrons. The highest BCUT2D eigenvalue weighted by atomic mass is 32.2. The van der Waals surface area contributed by atoms with Crippen LogP contribution in [0.2, 0.25) is 0 Å². The summed E-state index contributed by atoms with van der Waals surface area (Å²) in [5.74, 6) is -1.27. The summed E-state index contributed by atoms with van der Waals surface area (Å²) in [5.41, 5.74) is -1.47. The molecule has 1 aliphatic rings. The average molecular weight is 585 g/mol. The lowest BCUT2D eigenvalue weighted by molar-refractivity contribution is -0.142. The summed E-state index contributed by atoms with van der Waals surface area (Å²) in [6, 6.07) is 18.4. The van der Waals surface area contributed by atoms with Crippen molar-refractivity contribution in [3.8, 4) is 17.2 Å². The number of hydrogen-bond acceptors (Lipinski definition) is 5. The maximum atomic E-state index is 13.7. The van der Waals surface area contributed by atoms with Crippen molar-refractivity contribution in [3.63, 3.8) is 0 Å². The van der Waals surface area contributed by atoms with Gasteiger partial charge in [0.2, 0.25) is 0 Å². The lowest BCUT2D eigenvalue weighted by atomic mass is 9.72. The molecule has 2 N–H and O–H groups in total. The molecule has 2 atom stereocenters. The molecule has 41 heavy (non-hydrogen) atoms. The predicted molar refractivity (Wildman–Crippen MR) is 149 cm³/mol. The first-order valence-corrected chi connectivity index (χ1v) is 14.1. The van der Waals surface area contributed by atoms with E-state index >= 15 is 0 Å². The standard InChI is InChI=1S/C30H30F3N3O4S/c1-36(41(39)40)25-12-7-9-20(16-25)26-13-6-5-8-21(26)18-29(38,23-10-3-2-4-11-23)28(37)35-24-15-14-22(19-34)27(17-24)30(31,32)33/h5-9,12-17,23,38H,2-4,10-11,18H2,1H3,(H,35,37)(H,39,40)/p-1. The second-order valence-electron chi connectivity index (χ2n) is 10.2. The fourth-order valence-electron chi connectivity index (χ4n) is 5.39. The smallest absolute Gasteiger partial charge is 0.417 e. The fraction of sp³-hybridized carbons (Fsp3) is 0.333. The molecular formula is C30H29F3N3O4S-.